The molecule has 0 aliphatic heterocycles. The predicted octanol–water partition coefficient (Wildman–Crippen LogP) is 4.04. The van der Waals surface area contributed by atoms with Gasteiger partial charge in [0.05, 0.1) is 23.5 Å². The van der Waals surface area contributed by atoms with Crippen molar-refractivity contribution < 1.29 is 24.2 Å². The van der Waals surface area contributed by atoms with Gasteiger partial charge in [0, 0.05) is 4.88 Å². The number of thiophene rings is 1. The van der Waals surface area contributed by atoms with Crippen molar-refractivity contribution in [1.29, 1.82) is 0 Å². The molecule has 7 heteroatoms. The van der Waals surface area contributed by atoms with Crippen LogP contribution in [0.25, 0.3) is 0 Å². The fraction of sp³-hybridized carbons (Fsp3) is 0.571. The molecule has 6 nitrogen and oxygen atoms in total. The Hall–Kier alpha value is -2.15. The molecule has 0 fully saturated rings. The number of hydrogen-bond donors (Lipinski definition) is 2. The number of hydrogen-bond acceptors (Lipinski definition) is 5. The van der Waals surface area contributed by atoms with Gasteiger partial charge in [-0.25, -0.2) is 4.79 Å². The fourth-order valence-corrected chi connectivity index (χ4v) is 5.31. The van der Waals surface area contributed by atoms with Crippen LogP contribution in [0.2, 0.25) is 0 Å². The van der Waals surface area contributed by atoms with E-state index < -0.39 is 23.8 Å². The first kappa shape index (κ1) is 20.6. The Morgan fingerprint density at radius 3 is 2.54 bits per heavy atom. The van der Waals surface area contributed by atoms with Crippen LogP contribution in [0.4, 0.5) is 5.00 Å². The van der Waals surface area contributed by atoms with Crippen molar-refractivity contribution in [3.05, 3.63) is 28.2 Å². The van der Waals surface area contributed by atoms with Crippen LogP contribution in [0.15, 0.2) is 12.2 Å². The lowest BCUT2D eigenvalue weighted by Crippen LogP contribution is -2.34. The number of carbonyl (C=O) groups is 3. The molecule has 3 rings (SSSR count). The molecule has 0 saturated carbocycles. The molecule has 1 amide bonds. The van der Waals surface area contributed by atoms with Crippen LogP contribution in [0.5, 0.6) is 0 Å². The number of esters is 1. The van der Waals surface area contributed by atoms with Gasteiger partial charge in [-0.1, -0.05) is 19.1 Å². The van der Waals surface area contributed by atoms with Crippen molar-refractivity contribution in [1.82, 2.24) is 0 Å². The van der Waals surface area contributed by atoms with Gasteiger partial charge in [-0.3, -0.25) is 9.59 Å². The second kappa shape index (κ2) is 8.47. The Balaban J connectivity index is 1.90. The van der Waals surface area contributed by atoms with E-state index >= 15 is 0 Å². The summed E-state index contributed by atoms with van der Waals surface area (Å²) in [5, 5.41) is 12.8. The molecule has 0 unspecified atom stereocenters. The topological polar surface area (TPSA) is 92.7 Å². The number of rotatable bonds is 5. The maximum Gasteiger partial charge on any atom is 0.341 e. The van der Waals surface area contributed by atoms with Crippen LogP contribution in [-0.2, 0) is 27.2 Å². The predicted molar refractivity (Wildman–Crippen MR) is 108 cm³/mol. The number of nitrogens with one attached hydrogen (secondary N) is 1. The van der Waals surface area contributed by atoms with E-state index in [9.17, 15) is 19.5 Å². The second-order valence-electron chi connectivity index (χ2n) is 7.99. The van der Waals surface area contributed by atoms with Crippen LogP contribution in [-0.4, -0.2) is 29.1 Å². The first-order valence-corrected chi connectivity index (χ1v) is 10.6. The summed E-state index contributed by atoms with van der Waals surface area (Å²) in [5.41, 5.74) is 1.43. The van der Waals surface area contributed by atoms with Gasteiger partial charge < -0.3 is 15.2 Å². The highest BCUT2D eigenvalue weighted by atomic mass is 32.1. The molecule has 2 aliphatic carbocycles. The summed E-state index contributed by atoms with van der Waals surface area (Å²) in [5.74, 6) is -2.59. The fourth-order valence-electron chi connectivity index (χ4n) is 3.91. The number of amides is 1. The van der Waals surface area contributed by atoms with Crippen molar-refractivity contribution in [2.24, 2.45) is 17.8 Å². The smallest absolute Gasteiger partial charge is 0.341 e. The van der Waals surface area contributed by atoms with Crippen molar-refractivity contribution >= 4 is 34.2 Å². The number of aliphatic carboxylic acids is 1. The average molecular weight is 406 g/mol. The normalized spacial score (nSPS) is 23.9. The Morgan fingerprint density at radius 2 is 1.89 bits per heavy atom. The minimum absolute atomic E-state index is 0.256. The number of fused-ring (bicyclic) bond motifs is 1. The van der Waals surface area contributed by atoms with Crippen LogP contribution < -0.4 is 5.32 Å². The monoisotopic (exact) mass is 405 g/mol. The van der Waals surface area contributed by atoms with E-state index in [0.717, 1.165) is 29.7 Å². The lowest BCUT2D eigenvalue weighted by atomic mass is 9.82. The number of carboxylic acid groups (broad SMARTS) is 1. The molecule has 1 aromatic rings. The van der Waals surface area contributed by atoms with Crippen LogP contribution in [0.1, 0.15) is 60.8 Å². The highest BCUT2D eigenvalue weighted by Crippen LogP contribution is 2.41. The standard InChI is InChI=1S/C21H27NO5S/c1-11(2)27-21(26)17-15-9-8-12(3)10-16(15)28-19(17)22-18(23)13-6-4-5-7-14(13)20(24)25/h4-5,11-14H,6-10H2,1-3H3,(H,22,23)(H,24,25)/t12-,13-,14-/m1/s1. The molecule has 1 heterocycles. The van der Waals surface area contributed by atoms with Crippen molar-refractivity contribution in [2.75, 3.05) is 5.32 Å². The van der Waals surface area contributed by atoms with E-state index in [1.54, 1.807) is 19.9 Å². The maximum absolute atomic E-state index is 12.9. The van der Waals surface area contributed by atoms with E-state index in [0.29, 0.717) is 29.3 Å². The van der Waals surface area contributed by atoms with Gasteiger partial charge in [-0.2, -0.15) is 0 Å². The summed E-state index contributed by atoms with van der Waals surface area (Å²) >= 11 is 1.42. The van der Waals surface area contributed by atoms with E-state index in [1.165, 1.54) is 11.3 Å². The Kier molecular flexibility index (Phi) is 6.23. The quantitative estimate of drug-likeness (QED) is 0.570. The van der Waals surface area contributed by atoms with Gasteiger partial charge in [0.1, 0.15) is 5.00 Å². The number of anilines is 1. The maximum atomic E-state index is 12.9. The zero-order chi connectivity index (χ0) is 20.4. The molecule has 2 aliphatic rings. The third kappa shape index (κ3) is 4.29. The van der Waals surface area contributed by atoms with Gasteiger partial charge in [-0.05, 0) is 57.4 Å². The van der Waals surface area contributed by atoms with Gasteiger partial charge in [0.25, 0.3) is 0 Å². The molecular weight excluding hydrogens is 378 g/mol. The van der Waals surface area contributed by atoms with Gasteiger partial charge in [0.15, 0.2) is 0 Å². The van der Waals surface area contributed by atoms with Crippen LogP contribution in [0, 0.1) is 17.8 Å². The third-order valence-electron chi connectivity index (χ3n) is 5.38. The molecule has 0 bridgehead atoms. The first-order valence-electron chi connectivity index (χ1n) is 9.82. The zero-order valence-electron chi connectivity index (χ0n) is 16.5. The highest BCUT2D eigenvalue weighted by molar-refractivity contribution is 7.17. The zero-order valence-corrected chi connectivity index (χ0v) is 17.3. The van der Waals surface area contributed by atoms with Crippen LogP contribution >= 0.6 is 11.3 Å². The molecule has 28 heavy (non-hydrogen) atoms. The molecule has 0 radical (unpaired) electrons. The summed E-state index contributed by atoms with van der Waals surface area (Å²) in [7, 11) is 0. The summed E-state index contributed by atoms with van der Waals surface area (Å²) in [6.45, 7) is 5.77. The Labute approximate surface area is 169 Å². The molecular formula is C21H27NO5S. The Morgan fingerprint density at radius 1 is 1.21 bits per heavy atom. The molecule has 3 atom stereocenters. The molecule has 0 spiro atoms. The van der Waals surface area contributed by atoms with Crippen LogP contribution in [0.3, 0.4) is 0 Å². The minimum Gasteiger partial charge on any atom is -0.481 e. The summed E-state index contributed by atoms with van der Waals surface area (Å²) in [6.07, 6.45) is 6.78. The van der Waals surface area contributed by atoms with E-state index in [-0.39, 0.29) is 12.0 Å². The third-order valence-corrected chi connectivity index (χ3v) is 6.55. The minimum atomic E-state index is -0.969. The lowest BCUT2D eigenvalue weighted by Gasteiger charge is -2.24. The van der Waals surface area contributed by atoms with E-state index in [4.69, 9.17) is 4.74 Å². The molecule has 152 valence electrons. The van der Waals surface area contributed by atoms with Gasteiger partial charge >= 0.3 is 11.9 Å². The lowest BCUT2D eigenvalue weighted by molar-refractivity contribution is -0.146. The van der Waals surface area contributed by atoms with E-state index in [2.05, 4.69) is 12.2 Å². The SMILES string of the molecule is CC(C)OC(=O)c1c(NC(=O)[C@@H]2CC=CC[C@H]2C(=O)O)sc2c1CC[C@@H](C)C2. The molecule has 1 aromatic heterocycles. The average Bonchev–Trinajstić information content (AvgIpc) is 2.97. The first-order chi connectivity index (χ1) is 13.3. The molecule has 0 saturated heterocycles. The number of carboxylic acids is 1. The largest absolute Gasteiger partial charge is 0.481 e. The summed E-state index contributed by atoms with van der Waals surface area (Å²) in [4.78, 5) is 38.3. The number of ether oxygens (including phenoxy) is 1. The van der Waals surface area contributed by atoms with Crippen molar-refractivity contribution in [2.45, 2.75) is 59.0 Å². The van der Waals surface area contributed by atoms with Gasteiger partial charge in [-0.15, -0.1) is 11.3 Å². The van der Waals surface area contributed by atoms with Crippen molar-refractivity contribution in [3.63, 3.8) is 0 Å². The second-order valence-corrected chi connectivity index (χ2v) is 9.10. The van der Waals surface area contributed by atoms with Gasteiger partial charge in [0.2, 0.25) is 5.91 Å². The highest BCUT2D eigenvalue weighted by Gasteiger charge is 2.36. The Bertz CT molecular complexity index is 810. The van der Waals surface area contributed by atoms with Crippen molar-refractivity contribution in [3.8, 4) is 0 Å². The summed E-state index contributed by atoms with van der Waals surface area (Å²) in [6, 6.07) is 0. The molecule has 0 aromatic carbocycles. The number of carbonyl (C=O) groups excluding carboxylic acids is 2. The number of allylic oxidation sites excluding steroid dienone is 2. The van der Waals surface area contributed by atoms with E-state index in [1.807, 2.05) is 6.08 Å². The molecule has 2 N–H and O–H groups in total. The summed E-state index contributed by atoms with van der Waals surface area (Å²) < 4.78 is 5.43.